The molecule has 1 fully saturated rings. The fourth-order valence-corrected chi connectivity index (χ4v) is 1.49. The molecule has 1 aliphatic carbocycles. The van der Waals surface area contributed by atoms with Gasteiger partial charge in [0.15, 0.2) is 0 Å². The first-order valence-corrected chi connectivity index (χ1v) is 5.11. The molecular formula is C10H22N2. The third-order valence-electron chi connectivity index (χ3n) is 2.81. The molecular weight excluding hydrogens is 148 g/mol. The summed E-state index contributed by atoms with van der Waals surface area (Å²) in [4.78, 5) is 2.50. The van der Waals surface area contributed by atoms with Gasteiger partial charge in [0, 0.05) is 12.1 Å². The van der Waals surface area contributed by atoms with E-state index in [9.17, 15) is 0 Å². The summed E-state index contributed by atoms with van der Waals surface area (Å²) in [6, 6.07) is 1.60. The van der Waals surface area contributed by atoms with E-state index in [0.29, 0.717) is 6.04 Å². The van der Waals surface area contributed by atoms with E-state index in [-0.39, 0.29) is 0 Å². The van der Waals surface area contributed by atoms with E-state index in [1.165, 1.54) is 32.2 Å². The Bertz CT molecular complexity index is 121. The Kier molecular flexibility index (Phi) is 4.02. The molecule has 1 saturated carbocycles. The molecule has 1 atom stereocenters. The topological polar surface area (TPSA) is 15.3 Å². The van der Waals surface area contributed by atoms with E-state index in [2.05, 4.69) is 24.2 Å². The summed E-state index contributed by atoms with van der Waals surface area (Å²) in [5.41, 5.74) is 0. The zero-order chi connectivity index (χ0) is 8.97. The Balaban J connectivity index is 1.93. The van der Waals surface area contributed by atoms with Crippen LogP contribution in [0, 0.1) is 0 Å². The molecule has 2 nitrogen and oxygen atoms in total. The number of rotatable bonds is 6. The van der Waals surface area contributed by atoms with Crippen molar-refractivity contribution in [1.29, 1.82) is 0 Å². The summed E-state index contributed by atoms with van der Waals surface area (Å²) < 4.78 is 0. The lowest BCUT2D eigenvalue weighted by Gasteiger charge is -2.16. The van der Waals surface area contributed by atoms with Gasteiger partial charge < -0.3 is 10.2 Å². The Morgan fingerprint density at radius 1 is 1.50 bits per heavy atom. The minimum atomic E-state index is 0.678. The zero-order valence-corrected chi connectivity index (χ0v) is 8.64. The summed E-state index contributed by atoms with van der Waals surface area (Å²) in [6.45, 7) is 3.52. The van der Waals surface area contributed by atoms with Gasteiger partial charge in [-0.1, -0.05) is 0 Å². The lowest BCUT2D eigenvalue weighted by atomic mass is 10.2. The third-order valence-corrected chi connectivity index (χ3v) is 2.81. The molecule has 1 N–H and O–H groups in total. The smallest absolute Gasteiger partial charge is 0.00933 e. The van der Waals surface area contributed by atoms with Crippen LogP contribution >= 0.6 is 0 Å². The van der Waals surface area contributed by atoms with Crippen LogP contribution < -0.4 is 5.32 Å². The number of hydrogen-bond donors (Lipinski definition) is 1. The van der Waals surface area contributed by atoms with E-state index < -0.39 is 0 Å². The van der Waals surface area contributed by atoms with Gasteiger partial charge in [0.25, 0.3) is 0 Å². The second-order valence-electron chi connectivity index (χ2n) is 4.04. The molecule has 0 aromatic carbocycles. The summed E-state index contributed by atoms with van der Waals surface area (Å²) in [5.74, 6) is 0. The molecule has 0 saturated heterocycles. The average molecular weight is 170 g/mol. The molecule has 0 heterocycles. The van der Waals surface area contributed by atoms with E-state index in [4.69, 9.17) is 0 Å². The average Bonchev–Trinajstić information content (AvgIpc) is 2.86. The first-order chi connectivity index (χ1) is 5.74. The van der Waals surface area contributed by atoms with Crippen LogP contribution in [0.25, 0.3) is 0 Å². The summed E-state index contributed by atoms with van der Waals surface area (Å²) in [5, 5.41) is 3.26. The van der Waals surface area contributed by atoms with Crippen LogP contribution in [0.4, 0.5) is 0 Å². The SMILES string of the molecule is CNC(C)CCCN(C)C1CC1. The van der Waals surface area contributed by atoms with E-state index in [0.717, 1.165) is 6.04 Å². The quantitative estimate of drug-likeness (QED) is 0.649. The van der Waals surface area contributed by atoms with Gasteiger partial charge in [-0.05, 0) is 53.2 Å². The molecule has 1 unspecified atom stereocenters. The molecule has 0 spiro atoms. The van der Waals surface area contributed by atoms with Crippen LogP contribution in [0.5, 0.6) is 0 Å². The zero-order valence-electron chi connectivity index (χ0n) is 8.64. The molecule has 2 heteroatoms. The predicted molar refractivity (Wildman–Crippen MR) is 53.4 cm³/mol. The van der Waals surface area contributed by atoms with Crippen molar-refractivity contribution in [2.45, 2.75) is 44.7 Å². The van der Waals surface area contributed by atoms with Crippen molar-refractivity contribution in [1.82, 2.24) is 10.2 Å². The molecule has 72 valence electrons. The molecule has 0 radical (unpaired) electrons. The Morgan fingerprint density at radius 3 is 2.67 bits per heavy atom. The van der Waals surface area contributed by atoms with Crippen molar-refractivity contribution in [2.24, 2.45) is 0 Å². The van der Waals surface area contributed by atoms with Crippen LogP contribution in [0.15, 0.2) is 0 Å². The third kappa shape index (κ3) is 3.55. The largest absolute Gasteiger partial charge is 0.317 e. The van der Waals surface area contributed by atoms with Crippen molar-refractivity contribution in [3.8, 4) is 0 Å². The minimum Gasteiger partial charge on any atom is -0.317 e. The standard InChI is InChI=1S/C10H22N2/c1-9(11-2)5-4-8-12(3)10-6-7-10/h9-11H,4-8H2,1-3H3. The first-order valence-electron chi connectivity index (χ1n) is 5.11. The van der Waals surface area contributed by atoms with Gasteiger partial charge in [-0.15, -0.1) is 0 Å². The maximum atomic E-state index is 3.26. The van der Waals surface area contributed by atoms with Gasteiger partial charge in [0.1, 0.15) is 0 Å². The van der Waals surface area contributed by atoms with E-state index >= 15 is 0 Å². The van der Waals surface area contributed by atoms with Crippen LogP contribution in [0.1, 0.15) is 32.6 Å². The fraction of sp³-hybridized carbons (Fsp3) is 1.00. The van der Waals surface area contributed by atoms with Gasteiger partial charge >= 0.3 is 0 Å². The summed E-state index contributed by atoms with van der Waals surface area (Å²) in [6.07, 6.45) is 5.48. The van der Waals surface area contributed by atoms with Crippen molar-refractivity contribution >= 4 is 0 Å². The molecule has 0 bridgehead atoms. The highest BCUT2D eigenvalue weighted by atomic mass is 15.1. The first kappa shape index (κ1) is 10.0. The second kappa shape index (κ2) is 4.83. The van der Waals surface area contributed by atoms with Gasteiger partial charge in [-0.2, -0.15) is 0 Å². The summed E-state index contributed by atoms with van der Waals surface area (Å²) >= 11 is 0. The number of nitrogens with zero attached hydrogens (tertiary/aromatic N) is 1. The number of hydrogen-bond acceptors (Lipinski definition) is 2. The molecule has 0 aliphatic heterocycles. The van der Waals surface area contributed by atoms with Crippen LogP contribution in [0.3, 0.4) is 0 Å². The molecule has 1 rings (SSSR count). The van der Waals surface area contributed by atoms with Crippen LogP contribution in [-0.2, 0) is 0 Å². The molecule has 1 aliphatic rings. The van der Waals surface area contributed by atoms with Gasteiger partial charge in [0.05, 0.1) is 0 Å². The predicted octanol–water partition coefficient (Wildman–Crippen LogP) is 1.47. The van der Waals surface area contributed by atoms with Gasteiger partial charge in [-0.25, -0.2) is 0 Å². The second-order valence-corrected chi connectivity index (χ2v) is 4.04. The highest BCUT2D eigenvalue weighted by Crippen LogP contribution is 2.25. The van der Waals surface area contributed by atoms with Crippen molar-refractivity contribution in [2.75, 3.05) is 20.6 Å². The van der Waals surface area contributed by atoms with Crippen molar-refractivity contribution in [3.63, 3.8) is 0 Å². The Labute approximate surface area is 76.3 Å². The molecule has 0 aromatic heterocycles. The highest BCUT2D eigenvalue weighted by Gasteiger charge is 2.25. The van der Waals surface area contributed by atoms with Crippen LogP contribution in [-0.4, -0.2) is 37.6 Å². The molecule has 0 amide bonds. The maximum absolute atomic E-state index is 3.26. The van der Waals surface area contributed by atoms with Gasteiger partial charge in [0.2, 0.25) is 0 Å². The van der Waals surface area contributed by atoms with E-state index in [1.54, 1.807) is 0 Å². The summed E-state index contributed by atoms with van der Waals surface area (Å²) in [7, 11) is 4.29. The molecule has 0 aromatic rings. The normalized spacial score (nSPS) is 20.0. The van der Waals surface area contributed by atoms with Crippen molar-refractivity contribution < 1.29 is 0 Å². The van der Waals surface area contributed by atoms with Gasteiger partial charge in [-0.3, -0.25) is 0 Å². The monoisotopic (exact) mass is 170 g/mol. The van der Waals surface area contributed by atoms with Crippen LogP contribution in [0.2, 0.25) is 0 Å². The van der Waals surface area contributed by atoms with E-state index in [1.807, 2.05) is 7.05 Å². The Morgan fingerprint density at radius 2 is 2.17 bits per heavy atom. The minimum absolute atomic E-state index is 0.678. The lowest BCUT2D eigenvalue weighted by molar-refractivity contribution is 0.310. The van der Waals surface area contributed by atoms with Crippen molar-refractivity contribution in [3.05, 3.63) is 0 Å². The highest BCUT2D eigenvalue weighted by molar-refractivity contribution is 4.82. The molecule has 12 heavy (non-hydrogen) atoms. The maximum Gasteiger partial charge on any atom is 0.00933 e. The lowest BCUT2D eigenvalue weighted by Crippen LogP contribution is -2.25. The fourth-order valence-electron chi connectivity index (χ4n) is 1.49. The number of nitrogens with one attached hydrogen (secondary N) is 1. The Hall–Kier alpha value is -0.0800.